The molecule has 1 heterocycles. The van der Waals surface area contributed by atoms with Crippen molar-refractivity contribution >= 4 is 12.1 Å². The number of carbonyl (C=O) groups excluding carboxylic acids is 1. The monoisotopic (exact) mass is 324 g/mol. The predicted molar refractivity (Wildman–Crippen MR) is 92.7 cm³/mol. The van der Waals surface area contributed by atoms with Crippen LogP contribution in [0.3, 0.4) is 0 Å². The van der Waals surface area contributed by atoms with E-state index in [0.717, 1.165) is 11.3 Å². The Morgan fingerprint density at radius 2 is 1.79 bits per heavy atom. The molecule has 2 aromatic carbocycles. The minimum Gasteiger partial charge on any atom is -0.489 e. The smallest absolute Gasteiger partial charge is 0.271 e. The highest BCUT2D eigenvalue weighted by Crippen LogP contribution is 2.33. The van der Waals surface area contributed by atoms with Crippen molar-refractivity contribution in [3.05, 3.63) is 59.7 Å². The van der Waals surface area contributed by atoms with Crippen LogP contribution in [0.2, 0.25) is 0 Å². The van der Waals surface area contributed by atoms with Gasteiger partial charge in [-0.1, -0.05) is 32.0 Å². The van der Waals surface area contributed by atoms with Gasteiger partial charge in [0.1, 0.15) is 0 Å². The van der Waals surface area contributed by atoms with Gasteiger partial charge in [0.05, 0.1) is 19.4 Å². The topological polar surface area (TPSA) is 59.9 Å². The average molecular weight is 324 g/mol. The van der Waals surface area contributed by atoms with Crippen LogP contribution in [0.25, 0.3) is 0 Å². The minimum atomic E-state index is -0.247. The second-order valence-electron chi connectivity index (χ2n) is 6.51. The van der Waals surface area contributed by atoms with E-state index in [4.69, 9.17) is 9.47 Å². The molecule has 0 unspecified atom stereocenters. The van der Waals surface area contributed by atoms with Gasteiger partial charge in [-0.2, -0.15) is 5.10 Å². The Balaban J connectivity index is 1.66. The lowest BCUT2D eigenvalue weighted by Crippen LogP contribution is -2.26. The third-order valence-electron chi connectivity index (χ3n) is 3.62. The van der Waals surface area contributed by atoms with Crippen LogP contribution in [0.4, 0.5) is 0 Å². The molecule has 1 N–H and O–H groups in total. The van der Waals surface area contributed by atoms with E-state index < -0.39 is 0 Å². The van der Waals surface area contributed by atoms with Gasteiger partial charge < -0.3 is 9.47 Å². The molecule has 0 saturated carbocycles. The quantitative estimate of drug-likeness (QED) is 0.696. The van der Waals surface area contributed by atoms with Gasteiger partial charge in [-0.3, -0.25) is 4.79 Å². The summed E-state index contributed by atoms with van der Waals surface area (Å²) in [7, 11) is 0. The van der Waals surface area contributed by atoms with Gasteiger partial charge in [0.25, 0.3) is 5.91 Å². The third-order valence-corrected chi connectivity index (χ3v) is 3.62. The number of hydrazone groups is 1. The average Bonchev–Trinajstić information content (AvgIpc) is 2.74. The molecule has 0 fully saturated rings. The fourth-order valence-corrected chi connectivity index (χ4v) is 2.24. The van der Waals surface area contributed by atoms with E-state index in [1.54, 1.807) is 18.3 Å². The van der Waals surface area contributed by atoms with Crippen molar-refractivity contribution in [2.75, 3.05) is 13.2 Å². The Hall–Kier alpha value is -2.82. The summed E-state index contributed by atoms with van der Waals surface area (Å²) in [6, 6.07) is 14.5. The summed E-state index contributed by atoms with van der Waals surface area (Å²) >= 11 is 0. The molecule has 0 atom stereocenters. The standard InChI is InChI=1S/C19H20N2O3/c1-19(2)12-23-16-9-8-14(10-17(16)24-13-19)11-20-21-18(22)15-6-4-3-5-7-15/h3-11H,12-13H2,1-2H3,(H,21,22)/b20-11-. The molecule has 1 aliphatic heterocycles. The first-order valence-electron chi connectivity index (χ1n) is 7.82. The number of benzene rings is 2. The van der Waals surface area contributed by atoms with E-state index in [2.05, 4.69) is 24.4 Å². The molecule has 0 saturated heterocycles. The maximum atomic E-state index is 11.9. The first kappa shape index (κ1) is 16.1. The molecule has 3 rings (SSSR count). The SMILES string of the molecule is CC1(C)COc2ccc(/C=N\NC(=O)c3ccccc3)cc2OC1. The number of ether oxygens (including phenoxy) is 2. The van der Waals surface area contributed by atoms with Crippen molar-refractivity contribution in [2.45, 2.75) is 13.8 Å². The summed E-state index contributed by atoms with van der Waals surface area (Å²) in [5.41, 5.74) is 3.87. The van der Waals surface area contributed by atoms with Gasteiger partial charge in [0.15, 0.2) is 11.5 Å². The number of fused-ring (bicyclic) bond motifs is 1. The Labute approximate surface area is 141 Å². The third kappa shape index (κ3) is 3.93. The zero-order valence-electron chi connectivity index (χ0n) is 13.8. The van der Waals surface area contributed by atoms with Gasteiger partial charge in [0.2, 0.25) is 0 Å². The maximum absolute atomic E-state index is 11.9. The van der Waals surface area contributed by atoms with E-state index in [1.807, 2.05) is 36.4 Å². The molecule has 24 heavy (non-hydrogen) atoms. The highest BCUT2D eigenvalue weighted by atomic mass is 16.5. The lowest BCUT2D eigenvalue weighted by Gasteiger charge is -2.19. The minimum absolute atomic E-state index is 0.0308. The van der Waals surface area contributed by atoms with Crippen molar-refractivity contribution in [1.29, 1.82) is 0 Å². The molecule has 0 aliphatic carbocycles. The highest BCUT2D eigenvalue weighted by molar-refractivity contribution is 5.94. The van der Waals surface area contributed by atoms with Gasteiger partial charge in [0, 0.05) is 11.0 Å². The number of carbonyl (C=O) groups is 1. The van der Waals surface area contributed by atoms with Gasteiger partial charge in [-0.25, -0.2) is 5.43 Å². The maximum Gasteiger partial charge on any atom is 0.271 e. The fourth-order valence-electron chi connectivity index (χ4n) is 2.24. The predicted octanol–water partition coefficient (Wildman–Crippen LogP) is 3.25. The summed E-state index contributed by atoms with van der Waals surface area (Å²) in [4.78, 5) is 11.9. The Morgan fingerprint density at radius 3 is 2.54 bits per heavy atom. The fraction of sp³-hybridized carbons (Fsp3) is 0.263. The van der Waals surface area contributed by atoms with E-state index in [-0.39, 0.29) is 11.3 Å². The molecule has 2 aromatic rings. The molecule has 5 heteroatoms. The number of rotatable bonds is 3. The zero-order valence-corrected chi connectivity index (χ0v) is 13.8. The van der Waals surface area contributed by atoms with Crippen molar-refractivity contribution in [2.24, 2.45) is 10.5 Å². The summed E-state index contributed by atoms with van der Waals surface area (Å²) in [5, 5.41) is 4.00. The van der Waals surface area contributed by atoms with Crippen LogP contribution in [0, 0.1) is 5.41 Å². The van der Waals surface area contributed by atoms with Crippen LogP contribution in [0.15, 0.2) is 53.6 Å². The van der Waals surface area contributed by atoms with E-state index in [0.29, 0.717) is 24.5 Å². The molecule has 1 aliphatic rings. The number of nitrogens with one attached hydrogen (secondary N) is 1. The van der Waals surface area contributed by atoms with Gasteiger partial charge >= 0.3 is 0 Å². The van der Waals surface area contributed by atoms with E-state index in [1.165, 1.54) is 0 Å². The van der Waals surface area contributed by atoms with Crippen LogP contribution in [0.5, 0.6) is 11.5 Å². The molecule has 5 nitrogen and oxygen atoms in total. The molecule has 124 valence electrons. The molecule has 0 radical (unpaired) electrons. The largest absolute Gasteiger partial charge is 0.489 e. The van der Waals surface area contributed by atoms with Gasteiger partial charge in [-0.15, -0.1) is 0 Å². The van der Waals surface area contributed by atoms with Crippen molar-refractivity contribution < 1.29 is 14.3 Å². The van der Waals surface area contributed by atoms with Crippen molar-refractivity contribution in [3.63, 3.8) is 0 Å². The molecular weight excluding hydrogens is 304 g/mol. The Kier molecular flexibility index (Phi) is 4.51. The van der Waals surface area contributed by atoms with Crippen molar-refractivity contribution in [1.82, 2.24) is 5.43 Å². The van der Waals surface area contributed by atoms with Crippen molar-refractivity contribution in [3.8, 4) is 11.5 Å². The number of hydrogen-bond donors (Lipinski definition) is 1. The summed E-state index contributed by atoms with van der Waals surface area (Å²) in [5.74, 6) is 1.17. The molecular formula is C19H20N2O3. The van der Waals surface area contributed by atoms with E-state index in [9.17, 15) is 4.79 Å². The van der Waals surface area contributed by atoms with Crippen LogP contribution >= 0.6 is 0 Å². The van der Waals surface area contributed by atoms with Crippen LogP contribution in [-0.2, 0) is 0 Å². The van der Waals surface area contributed by atoms with Crippen LogP contribution in [0.1, 0.15) is 29.8 Å². The normalized spacial score (nSPS) is 15.8. The van der Waals surface area contributed by atoms with Gasteiger partial charge in [-0.05, 0) is 35.9 Å². The number of amides is 1. The first-order valence-corrected chi connectivity index (χ1v) is 7.82. The molecule has 0 aromatic heterocycles. The lowest BCUT2D eigenvalue weighted by atomic mass is 9.97. The summed E-state index contributed by atoms with van der Waals surface area (Å²) in [6.07, 6.45) is 1.58. The number of hydrogen-bond acceptors (Lipinski definition) is 4. The molecule has 0 spiro atoms. The zero-order chi connectivity index (χ0) is 17.0. The Morgan fingerprint density at radius 1 is 1.08 bits per heavy atom. The highest BCUT2D eigenvalue weighted by Gasteiger charge is 2.25. The second kappa shape index (κ2) is 6.74. The van der Waals surface area contributed by atoms with Crippen LogP contribution in [-0.4, -0.2) is 25.3 Å². The number of nitrogens with zero attached hydrogens (tertiary/aromatic N) is 1. The summed E-state index contributed by atoms with van der Waals surface area (Å²) < 4.78 is 11.6. The lowest BCUT2D eigenvalue weighted by molar-refractivity contribution is 0.0955. The second-order valence-corrected chi connectivity index (χ2v) is 6.51. The molecule has 0 bridgehead atoms. The summed E-state index contributed by atoms with van der Waals surface area (Å²) in [6.45, 7) is 5.40. The van der Waals surface area contributed by atoms with Crippen LogP contribution < -0.4 is 14.9 Å². The Bertz CT molecular complexity index is 754. The first-order chi connectivity index (χ1) is 11.5. The van der Waals surface area contributed by atoms with E-state index >= 15 is 0 Å². The molecule has 1 amide bonds.